The highest BCUT2D eigenvalue weighted by Crippen LogP contribution is 2.40. The molecule has 9 rings (SSSR count). The van der Waals surface area contributed by atoms with Gasteiger partial charge in [-0.05, 0) is 118 Å². The fourth-order valence-corrected chi connectivity index (χ4v) is 11.3. The van der Waals surface area contributed by atoms with Gasteiger partial charge in [-0.3, -0.25) is 19.7 Å². The molecule has 3 N–H and O–H groups in total. The van der Waals surface area contributed by atoms with Crippen LogP contribution in [0.3, 0.4) is 0 Å². The SMILES string of the molecule is COc1cc(N2CCC(C3CCN(CC4CN(c5ccc6c(c5)CN(C5CCC(=O)NC5=O)C6=O)C4)CC3)CC2)ccc1Nc1ncc(Cl)c(Nc2ccccc2P(C)(C)=O)n1. The van der Waals surface area contributed by atoms with E-state index in [1.807, 2.05) is 42.5 Å². The lowest BCUT2D eigenvalue weighted by Gasteiger charge is -2.45. The number of nitrogens with one attached hydrogen (secondary N) is 3. The fraction of sp³-hybridized carbons (Fsp3) is 0.457. The van der Waals surface area contributed by atoms with Gasteiger partial charge in [0, 0.05) is 79.9 Å². The van der Waals surface area contributed by atoms with E-state index in [0.717, 1.165) is 85.6 Å². The summed E-state index contributed by atoms with van der Waals surface area (Å²) in [6.07, 6.45) is 7.06. The average molecular weight is 880 g/mol. The lowest BCUT2D eigenvalue weighted by molar-refractivity contribution is -0.136. The number of halogens is 1. The van der Waals surface area contributed by atoms with E-state index in [2.05, 4.69) is 58.8 Å². The Hall–Kier alpha value is -5.17. The van der Waals surface area contributed by atoms with Crippen molar-refractivity contribution in [3.8, 4) is 5.75 Å². The van der Waals surface area contributed by atoms with Crippen LogP contribution in [0.4, 0.5) is 34.5 Å². The smallest absolute Gasteiger partial charge is 0.255 e. The average Bonchev–Trinajstić information content (AvgIpc) is 3.58. The van der Waals surface area contributed by atoms with Crippen molar-refractivity contribution < 1.29 is 23.7 Å². The van der Waals surface area contributed by atoms with Crippen molar-refractivity contribution in [1.29, 1.82) is 0 Å². The molecule has 6 heterocycles. The van der Waals surface area contributed by atoms with Crippen LogP contribution in [0.2, 0.25) is 5.02 Å². The Bertz CT molecular complexity index is 2410. The molecular weight excluding hydrogens is 825 g/mol. The van der Waals surface area contributed by atoms with Crippen LogP contribution in [0.1, 0.15) is 54.4 Å². The fourth-order valence-electron chi connectivity index (χ4n) is 10.0. The number of piperidine rings is 3. The molecule has 4 aromatic rings. The monoisotopic (exact) mass is 879 g/mol. The molecule has 326 valence electrons. The Morgan fingerprint density at radius 3 is 2.29 bits per heavy atom. The van der Waals surface area contributed by atoms with E-state index in [1.165, 1.54) is 25.7 Å². The number of anilines is 6. The number of carbonyl (C=O) groups is 3. The number of ether oxygens (including phenoxy) is 1. The maximum atomic E-state index is 13.1. The molecule has 16 heteroatoms. The highest BCUT2D eigenvalue weighted by molar-refractivity contribution is 7.70. The van der Waals surface area contributed by atoms with Gasteiger partial charge in [-0.1, -0.05) is 23.7 Å². The summed E-state index contributed by atoms with van der Waals surface area (Å²) >= 11 is 6.50. The maximum Gasteiger partial charge on any atom is 0.255 e. The first kappa shape index (κ1) is 42.1. The van der Waals surface area contributed by atoms with Gasteiger partial charge in [0.05, 0.1) is 24.7 Å². The van der Waals surface area contributed by atoms with Crippen LogP contribution in [-0.2, 0) is 20.7 Å². The zero-order chi connectivity index (χ0) is 43.1. The van der Waals surface area contributed by atoms with Crippen molar-refractivity contribution >= 4 is 76.3 Å². The van der Waals surface area contributed by atoms with E-state index in [1.54, 1.807) is 31.5 Å². The number of aromatic nitrogens is 2. The molecule has 4 fully saturated rings. The zero-order valence-electron chi connectivity index (χ0n) is 35.6. The van der Waals surface area contributed by atoms with E-state index >= 15 is 0 Å². The van der Waals surface area contributed by atoms with Gasteiger partial charge < -0.3 is 39.5 Å². The third-order valence-electron chi connectivity index (χ3n) is 13.5. The molecule has 1 unspecified atom stereocenters. The lowest BCUT2D eigenvalue weighted by Crippen LogP contribution is -2.53. The summed E-state index contributed by atoms with van der Waals surface area (Å²) in [6.45, 7) is 11.4. The predicted octanol–water partition coefficient (Wildman–Crippen LogP) is 6.70. The van der Waals surface area contributed by atoms with Crippen LogP contribution >= 0.6 is 18.7 Å². The van der Waals surface area contributed by atoms with Crippen LogP contribution in [0.15, 0.2) is 66.9 Å². The Balaban J connectivity index is 0.724. The number of carbonyl (C=O) groups excluding carboxylic acids is 3. The Kier molecular flexibility index (Phi) is 11.9. The van der Waals surface area contributed by atoms with Crippen molar-refractivity contribution in [3.05, 3.63) is 83.0 Å². The number of imide groups is 1. The van der Waals surface area contributed by atoms with Crippen molar-refractivity contribution in [2.24, 2.45) is 17.8 Å². The van der Waals surface area contributed by atoms with Gasteiger partial charge in [0.1, 0.15) is 24.0 Å². The molecule has 1 atom stereocenters. The second-order valence-electron chi connectivity index (χ2n) is 17.9. The number of likely N-dealkylation sites (tertiary alicyclic amines) is 1. The van der Waals surface area contributed by atoms with Crippen molar-refractivity contribution in [1.82, 2.24) is 25.1 Å². The van der Waals surface area contributed by atoms with E-state index < -0.39 is 13.2 Å². The number of methoxy groups -OCH3 is 1. The molecular formula is C46H55ClN9O5P. The lowest BCUT2D eigenvalue weighted by atomic mass is 9.78. The van der Waals surface area contributed by atoms with Crippen LogP contribution in [0.25, 0.3) is 0 Å². The highest BCUT2D eigenvalue weighted by Gasteiger charge is 2.40. The third kappa shape index (κ3) is 8.87. The number of nitrogens with zero attached hydrogens (tertiary/aromatic N) is 6. The molecule has 0 spiro atoms. The predicted molar refractivity (Wildman–Crippen MR) is 244 cm³/mol. The van der Waals surface area contributed by atoms with Crippen molar-refractivity contribution in [2.75, 3.05) is 86.7 Å². The number of para-hydroxylation sites is 1. The van der Waals surface area contributed by atoms with Crippen LogP contribution < -0.4 is 35.8 Å². The third-order valence-corrected chi connectivity index (χ3v) is 15.3. The van der Waals surface area contributed by atoms with Gasteiger partial charge in [0.2, 0.25) is 17.8 Å². The normalized spacial score (nSPS) is 20.5. The largest absolute Gasteiger partial charge is 0.494 e. The van der Waals surface area contributed by atoms with Crippen LogP contribution in [-0.4, -0.2) is 110 Å². The standard InChI is InChI=1S/C46H55ClN9O5P/c1-61-40-23-34(9-11-37(40)50-46-48-24-36(47)43(52-46)49-38-6-4-5-7-41(38)62(2,3)60)54-20-16-31(17-21-54)30-14-18-53(19-15-30)25-29-26-55(27-29)33-8-10-35-32(22-33)28-56(45(35)59)39-12-13-42(57)51-44(39)58/h4-11,22-24,29-31,39H,12-21,25-28H2,1-3H3,(H,51,57,58)(H2,48,49,50,52). The van der Waals surface area contributed by atoms with Gasteiger partial charge >= 0.3 is 0 Å². The molecule has 0 radical (unpaired) electrons. The van der Waals surface area contributed by atoms with Crippen molar-refractivity contribution in [3.63, 3.8) is 0 Å². The van der Waals surface area contributed by atoms with Crippen LogP contribution in [0.5, 0.6) is 5.75 Å². The molecule has 5 aliphatic heterocycles. The van der Waals surface area contributed by atoms with Gasteiger partial charge in [0.15, 0.2) is 5.82 Å². The number of rotatable bonds is 12. The summed E-state index contributed by atoms with van der Waals surface area (Å²) in [5.41, 5.74) is 5.33. The molecule has 62 heavy (non-hydrogen) atoms. The molecule has 4 saturated heterocycles. The van der Waals surface area contributed by atoms with Gasteiger partial charge in [-0.25, -0.2) is 4.98 Å². The van der Waals surface area contributed by atoms with Crippen LogP contribution in [0, 0.1) is 17.8 Å². The maximum absolute atomic E-state index is 13.1. The molecule has 0 aliphatic carbocycles. The number of hydrogen-bond acceptors (Lipinski definition) is 12. The Morgan fingerprint density at radius 2 is 1.56 bits per heavy atom. The number of amides is 3. The first-order valence-corrected chi connectivity index (χ1v) is 24.8. The summed E-state index contributed by atoms with van der Waals surface area (Å²) in [4.78, 5) is 55.4. The van der Waals surface area contributed by atoms with E-state index in [-0.39, 0.29) is 24.1 Å². The summed E-state index contributed by atoms with van der Waals surface area (Å²) < 4.78 is 18.8. The number of fused-ring (bicyclic) bond motifs is 1. The summed E-state index contributed by atoms with van der Waals surface area (Å²) in [7, 11) is -0.872. The summed E-state index contributed by atoms with van der Waals surface area (Å²) in [6, 6.07) is 19.2. The van der Waals surface area contributed by atoms with E-state index in [0.29, 0.717) is 52.7 Å². The van der Waals surface area contributed by atoms with E-state index in [4.69, 9.17) is 16.3 Å². The topological polar surface area (TPSA) is 152 Å². The molecule has 0 saturated carbocycles. The van der Waals surface area contributed by atoms with Gasteiger partial charge in [-0.2, -0.15) is 4.98 Å². The second kappa shape index (κ2) is 17.5. The quantitative estimate of drug-likeness (QED) is 0.103. The van der Waals surface area contributed by atoms with Crippen molar-refractivity contribution in [2.45, 2.75) is 51.1 Å². The molecule has 14 nitrogen and oxygen atoms in total. The second-order valence-corrected chi connectivity index (χ2v) is 21.5. The zero-order valence-corrected chi connectivity index (χ0v) is 37.3. The summed E-state index contributed by atoms with van der Waals surface area (Å²) in [5.74, 6) is 2.83. The molecule has 5 aliphatic rings. The molecule has 3 aromatic carbocycles. The number of benzene rings is 3. The molecule has 1 aromatic heterocycles. The Morgan fingerprint density at radius 1 is 0.855 bits per heavy atom. The van der Waals surface area contributed by atoms with E-state index in [9.17, 15) is 18.9 Å². The first-order chi connectivity index (χ1) is 29.9. The minimum absolute atomic E-state index is 0.126. The minimum Gasteiger partial charge on any atom is -0.494 e. The van der Waals surface area contributed by atoms with Gasteiger partial charge in [-0.15, -0.1) is 0 Å². The summed E-state index contributed by atoms with van der Waals surface area (Å²) in [5, 5.41) is 10.0. The molecule has 0 bridgehead atoms. The minimum atomic E-state index is -2.54. The number of hydrogen-bond donors (Lipinski definition) is 3. The Labute approximate surface area is 368 Å². The highest BCUT2D eigenvalue weighted by atomic mass is 35.5. The van der Waals surface area contributed by atoms with Gasteiger partial charge in [0.25, 0.3) is 5.91 Å². The first-order valence-electron chi connectivity index (χ1n) is 21.8. The molecule has 3 amide bonds.